The molecule has 0 aliphatic rings. The number of methoxy groups -OCH3 is 1. The Labute approximate surface area is 125 Å². The Balaban J connectivity index is 2.85. The monoisotopic (exact) mass is 344 g/mol. The molecule has 1 rings (SSSR count). The van der Waals surface area contributed by atoms with Gasteiger partial charge in [0.2, 0.25) is 10.0 Å². The van der Waals surface area contributed by atoms with E-state index in [1.807, 2.05) is 5.32 Å². The normalized spacial score (nSPS) is 13.7. The Morgan fingerprint density at radius 3 is 2.36 bits per heavy atom. The zero-order chi connectivity index (χ0) is 17.0. The number of ether oxygens (including phenoxy) is 1. The lowest BCUT2D eigenvalue weighted by Crippen LogP contribution is -2.25. The van der Waals surface area contributed by atoms with E-state index >= 15 is 0 Å². The van der Waals surface area contributed by atoms with Crippen molar-refractivity contribution in [3.8, 4) is 0 Å². The number of anilines is 2. The standard InChI is InChI=1S/C12H16F4N2O3S/c1-8(21-2)6-22(19,20)18-11-4-9(13)3-10(5-11)17-7-12(14,15)16/h3-5,8,17-18H,6-7H2,1-2H3. The smallest absolute Gasteiger partial charge is 0.381 e. The van der Waals surface area contributed by atoms with Gasteiger partial charge < -0.3 is 10.1 Å². The van der Waals surface area contributed by atoms with Gasteiger partial charge in [0.15, 0.2) is 0 Å². The molecule has 1 atom stereocenters. The number of rotatable bonds is 7. The number of hydrogen-bond donors (Lipinski definition) is 2. The van der Waals surface area contributed by atoms with Crippen LogP contribution in [0, 0.1) is 5.82 Å². The first kappa shape index (κ1) is 18.5. The summed E-state index contributed by atoms with van der Waals surface area (Å²) in [5.41, 5.74) is -0.359. The third kappa shape index (κ3) is 6.94. The molecule has 2 N–H and O–H groups in total. The molecule has 10 heteroatoms. The lowest BCUT2D eigenvalue weighted by Gasteiger charge is -2.14. The Kier molecular flexibility index (Phi) is 6.00. The van der Waals surface area contributed by atoms with Crippen LogP contribution in [0.4, 0.5) is 28.9 Å². The van der Waals surface area contributed by atoms with Crippen LogP contribution in [0.2, 0.25) is 0 Å². The molecule has 0 saturated carbocycles. The zero-order valence-electron chi connectivity index (χ0n) is 11.9. The average Bonchev–Trinajstić information content (AvgIpc) is 2.33. The van der Waals surface area contributed by atoms with Crippen molar-refractivity contribution in [2.45, 2.75) is 19.2 Å². The van der Waals surface area contributed by atoms with Crippen LogP contribution in [0.15, 0.2) is 18.2 Å². The van der Waals surface area contributed by atoms with Crippen molar-refractivity contribution < 1.29 is 30.7 Å². The second kappa shape index (κ2) is 7.14. The van der Waals surface area contributed by atoms with Gasteiger partial charge in [0.25, 0.3) is 0 Å². The molecule has 0 aliphatic carbocycles. The van der Waals surface area contributed by atoms with E-state index in [1.165, 1.54) is 14.0 Å². The summed E-state index contributed by atoms with van der Waals surface area (Å²) in [4.78, 5) is 0. The van der Waals surface area contributed by atoms with Gasteiger partial charge in [-0.15, -0.1) is 0 Å². The fourth-order valence-electron chi connectivity index (χ4n) is 1.55. The van der Waals surface area contributed by atoms with Gasteiger partial charge in [0.05, 0.1) is 17.5 Å². The highest BCUT2D eigenvalue weighted by molar-refractivity contribution is 7.92. The highest BCUT2D eigenvalue weighted by atomic mass is 32.2. The largest absolute Gasteiger partial charge is 0.405 e. The average molecular weight is 344 g/mol. The second-order valence-corrected chi connectivity index (χ2v) is 6.39. The molecule has 0 radical (unpaired) electrons. The highest BCUT2D eigenvalue weighted by Gasteiger charge is 2.26. The topological polar surface area (TPSA) is 67.4 Å². The Bertz CT molecular complexity index is 605. The molecule has 0 bridgehead atoms. The fourth-order valence-corrected chi connectivity index (χ4v) is 2.87. The lowest BCUT2D eigenvalue weighted by molar-refractivity contribution is -0.115. The Morgan fingerprint density at radius 2 is 1.82 bits per heavy atom. The van der Waals surface area contributed by atoms with E-state index in [0.29, 0.717) is 0 Å². The minimum atomic E-state index is -4.47. The first-order valence-corrected chi connectivity index (χ1v) is 7.80. The molecule has 0 spiro atoms. The Morgan fingerprint density at radius 1 is 1.23 bits per heavy atom. The molecule has 1 aromatic rings. The number of halogens is 4. The summed E-state index contributed by atoms with van der Waals surface area (Å²) in [6.07, 6.45) is -5.06. The van der Waals surface area contributed by atoms with E-state index in [-0.39, 0.29) is 17.1 Å². The van der Waals surface area contributed by atoms with Gasteiger partial charge in [-0.05, 0) is 25.1 Å². The maximum absolute atomic E-state index is 13.4. The molecule has 1 aromatic carbocycles. The summed E-state index contributed by atoms with van der Waals surface area (Å²) >= 11 is 0. The summed E-state index contributed by atoms with van der Waals surface area (Å²) in [5, 5.41) is 1.98. The summed E-state index contributed by atoms with van der Waals surface area (Å²) in [6, 6.07) is 2.78. The van der Waals surface area contributed by atoms with Gasteiger partial charge in [-0.3, -0.25) is 4.72 Å². The van der Waals surface area contributed by atoms with Gasteiger partial charge in [-0.2, -0.15) is 13.2 Å². The molecule has 0 aromatic heterocycles. The van der Waals surface area contributed by atoms with Gasteiger partial charge in [-0.25, -0.2) is 12.8 Å². The van der Waals surface area contributed by atoms with Gasteiger partial charge in [0, 0.05) is 12.8 Å². The summed E-state index contributed by atoms with van der Waals surface area (Å²) in [7, 11) is -2.48. The van der Waals surface area contributed by atoms with Gasteiger partial charge >= 0.3 is 6.18 Å². The van der Waals surface area contributed by atoms with E-state index < -0.39 is 34.7 Å². The molecule has 0 amide bonds. The van der Waals surface area contributed by atoms with Crippen LogP contribution >= 0.6 is 0 Å². The van der Waals surface area contributed by atoms with Crippen LogP contribution in [0.3, 0.4) is 0 Å². The van der Waals surface area contributed by atoms with Crippen LogP contribution in [0.5, 0.6) is 0 Å². The number of benzene rings is 1. The van der Waals surface area contributed by atoms with Crippen molar-refractivity contribution in [2.75, 3.05) is 29.4 Å². The van der Waals surface area contributed by atoms with E-state index in [9.17, 15) is 26.0 Å². The molecule has 0 aliphatic heterocycles. The summed E-state index contributed by atoms with van der Waals surface area (Å²) < 4.78 is 80.2. The van der Waals surface area contributed by atoms with Gasteiger partial charge in [0.1, 0.15) is 12.4 Å². The second-order valence-electron chi connectivity index (χ2n) is 4.63. The van der Waals surface area contributed by atoms with Crippen molar-refractivity contribution in [3.63, 3.8) is 0 Å². The highest BCUT2D eigenvalue weighted by Crippen LogP contribution is 2.22. The maximum atomic E-state index is 13.4. The van der Waals surface area contributed by atoms with Gasteiger partial charge in [-0.1, -0.05) is 0 Å². The lowest BCUT2D eigenvalue weighted by atomic mass is 10.2. The summed E-state index contributed by atoms with van der Waals surface area (Å²) in [5.74, 6) is -1.24. The molecular weight excluding hydrogens is 328 g/mol. The summed E-state index contributed by atoms with van der Waals surface area (Å²) in [6.45, 7) is 0.171. The van der Waals surface area contributed by atoms with Crippen molar-refractivity contribution in [1.29, 1.82) is 0 Å². The molecule has 126 valence electrons. The molecule has 5 nitrogen and oxygen atoms in total. The predicted octanol–water partition coefficient (Wildman–Crippen LogP) is 2.58. The maximum Gasteiger partial charge on any atom is 0.405 e. The van der Waals surface area contributed by atoms with Crippen molar-refractivity contribution >= 4 is 21.4 Å². The Hall–Kier alpha value is -1.55. The minimum absolute atomic E-state index is 0.173. The van der Waals surface area contributed by atoms with Crippen molar-refractivity contribution in [2.24, 2.45) is 0 Å². The van der Waals surface area contributed by atoms with Crippen LogP contribution in [0.25, 0.3) is 0 Å². The van der Waals surface area contributed by atoms with Crippen molar-refractivity contribution in [3.05, 3.63) is 24.0 Å². The third-order valence-electron chi connectivity index (χ3n) is 2.52. The van der Waals surface area contributed by atoms with E-state index in [4.69, 9.17) is 4.74 Å². The molecule has 0 heterocycles. The number of alkyl halides is 3. The molecular formula is C12H16F4N2O3S. The van der Waals surface area contributed by atoms with E-state index in [1.54, 1.807) is 0 Å². The zero-order valence-corrected chi connectivity index (χ0v) is 12.7. The third-order valence-corrected chi connectivity index (χ3v) is 3.98. The van der Waals surface area contributed by atoms with E-state index in [2.05, 4.69) is 4.72 Å². The quantitative estimate of drug-likeness (QED) is 0.746. The van der Waals surface area contributed by atoms with Crippen LogP contribution in [0.1, 0.15) is 6.92 Å². The molecule has 0 saturated heterocycles. The van der Waals surface area contributed by atoms with Crippen LogP contribution in [-0.2, 0) is 14.8 Å². The van der Waals surface area contributed by atoms with Crippen LogP contribution < -0.4 is 10.0 Å². The molecule has 22 heavy (non-hydrogen) atoms. The van der Waals surface area contributed by atoms with Crippen LogP contribution in [-0.4, -0.2) is 40.1 Å². The predicted molar refractivity (Wildman–Crippen MR) is 74.8 cm³/mol. The van der Waals surface area contributed by atoms with E-state index in [0.717, 1.165) is 18.2 Å². The first-order chi connectivity index (χ1) is 10.0. The number of hydrogen-bond acceptors (Lipinski definition) is 4. The fraction of sp³-hybridized carbons (Fsp3) is 0.500. The first-order valence-electron chi connectivity index (χ1n) is 6.15. The molecule has 0 fully saturated rings. The molecule has 1 unspecified atom stereocenters. The van der Waals surface area contributed by atoms with Crippen molar-refractivity contribution in [1.82, 2.24) is 0 Å². The minimum Gasteiger partial charge on any atom is -0.381 e. The number of nitrogens with one attached hydrogen (secondary N) is 2. The number of sulfonamides is 1. The SMILES string of the molecule is COC(C)CS(=O)(=O)Nc1cc(F)cc(NCC(F)(F)F)c1.